The van der Waals surface area contributed by atoms with E-state index in [1.165, 1.54) is 23.3 Å². The molecule has 4 rings (SSSR count). The molecule has 2 saturated heterocycles. The molecule has 1 amide bonds. The predicted octanol–water partition coefficient (Wildman–Crippen LogP) is 2.41. The molecule has 2 heterocycles. The zero-order valence-electron chi connectivity index (χ0n) is 18.5. The van der Waals surface area contributed by atoms with Crippen LogP contribution >= 0.6 is 0 Å². The van der Waals surface area contributed by atoms with Crippen LogP contribution in [0.15, 0.2) is 53.4 Å². The van der Waals surface area contributed by atoms with Crippen molar-refractivity contribution in [2.24, 2.45) is 0 Å². The summed E-state index contributed by atoms with van der Waals surface area (Å²) in [6.45, 7) is 6.75. The van der Waals surface area contributed by atoms with Gasteiger partial charge in [-0.05, 0) is 49.1 Å². The molecule has 172 valence electrons. The first-order chi connectivity index (χ1) is 15.4. The first kappa shape index (κ1) is 22.9. The molecule has 2 aliphatic rings. The largest absolute Gasteiger partial charge is 0.377 e. The molecule has 1 atom stereocenters. The van der Waals surface area contributed by atoms with Crippen molar-refractivity contribution in [2.45, 2.75) is 37.3 Å². The van der Waals surface area contributed by atoms with Crippen LogP contribution in [0.4, 0.5) is 0 Å². The molecule has 2 aromatic rings. The second-order valence-electron chi connectivity index (χ2n) is 8.51. The summed E-state index contributed by atoms with van der Waals surface area (Å²) in [6, 6.07) is 14.7. The highest BCUT2D eigenvalue weighted by atomic mass is 32.2. The standard InChI is InChI=1S/C24H31N3O4S/c1-19-6-2-3-7-21(19)18-26-11-13-27(14-12-26)24(28)20-8-4-10-23(16-20)32(29,30)25-17-22-9-5-15-31-22/h2-4,6-8,10,16,22,25H,5,9,11-15,17-18H2,1H3/t22-/m0/s1. The van der Waals surface area contributed by atoms with Gasteiger partial charge in [-0.15, -0.1) is 0 Å². The molecule has 0 radical (unpaired) electrons. The Morgan fingerprint density at radius 3 is 2.59 bits per heavy atom. The molecule has 8 heteroatoms. The Hall–Kier alpha value is -2.26. The molecule has 0 aliphatic carbocycles. The van der Waals surface area contributed by atoms with Gasteiger partial charge in [-0.3, -0.25) is 9.69 Å². The van der Waals surface area contributed by atoms with Crippen molar-refractivity contribution in [3.8, 4) is 0 Å². The fourth-order valence-corrected chi connectivity index (χ4v) is 5.32. The second-order valence-corrected chi connectivity index (χ2v) is 10.3. The summed E-state index contributed by atoms with van der Waals surface area (Å²) < 4.78 is 33.5. The number of sulfonamides is 1. The lowest BCUT2D eigenvalue weighted by Crippen LogP contribution is -2.48. The van der Waals surface area contributed by atoms with Gasteiger partial charge in [0.25, 0.3) is 5.91 Å². The van der Waals surface area contributed by atoms with Gasteiger partial charge in [-0.2, -0.15) is 0 Å². The van der Waals surface area contributed by atoms with E-state index in [9.17, 15) is 13.2 Å². The van der Waals surface area contributed by atoms with Gasteiger partial charge < -0.3 is 9.64 Å². The van der Waals surface area contributed by atoms with Gasteiger partial charge in [0.15, 0.2) is 0 Å². The summed E-state index contributed by atoms with van der Waals surface area (Å²) in [7, 11) is -3.69. The van der Waals surface area contributed by atoms with Gasteiger partial charge in [0, 0.05) is 51.4 Å². The van der Waals surface area contributed by atoms with E-state index in [1.807, 2.05) is 6.07 Å². The van der Waals surface area contributed by atoms with Crippen molar-refractivity contribution < 1.29 is 17.9 Å². The second kappa shape index (κ2) is 10.1. The van der Waals surface area contributed by atoms with Gasteiger partial charge in [0.1, 0.15) is 0 Å². The Bertz CT molecular complexity index is 1040. The summed E-state index contributed by atoms with van der Waals surface area (Å²) in [5.41, 5.74) is 2.98. The summed E-state index contributed by atoms with van der Waals surface area (Å²) in [5, 5.41) is 0. The molecule has 7 nitrogen and oxygen atoms in total. The fraction of sp³-hybridized carbons (Fsp3) is 0.458. The number of rotatable bonds is 7. The maximum absolute atomic E-state index is 13.0. The van der Waals surface area contributed by atoms with Crippen molar-refractivity contribution in [1.29, 1.82) is 0 Å². The summed E-state index contributed by atoms with van der Waals surface area (Å²) >= 11 is 0. The molecule has 2 aliphatic heterocycles. The number of aryl methyl sites for hydroxylation is 1. The van der Waals surface area contributed by atoms with E-state index in [-0.39, 0.29) is 23.5 Å². The number of hydrogen-bond donors (Lipinski definition) is 1. The molecule has 1 N–H and O–H groups in total. The van der Waals surface area contributed by atoms with Crippen molar-refractivity contribution >= 4 is 15.9 Å². The van der Waals surface area contributed by atoms with Crippen LogP contribution in [0.3, 0.4) is 0 Å². The zero-order chi connectivity index (χ0) is 22.6. The quantitative estimate of drug-likeness (QED) is 0.691. The lowest BCUT2D eigenvalue weighted by Gasteiger charge is -2.35. The third-order valence-electron chi connectivity index (χ3n) is 6.23. The van der Waals surface area contributed by atoms with Crippen molar-refractivity contribution in [1.82, 2.24) is 14.5 Å². The van der Waals surface area contributed by atoms with Crippen LogP contribution in [0.25, 0.3) is 0 Å². The number of amides is 1. The maximum Gasteiger partial charge on any atom is 0.253 e. The highest BCUT2D eigenvalue weighted by Crippen LogP contribution is 2.17. The number of nitrogens with one attached hydrogen (secondary N) is 1. The highest BCUT2D eigenvalue weighted by molar-refractivity contribution is 7.89. The Morgan fingerprint density at radius 2 is 1.88 bits per heavy atom. The Balaban J connectivity index is 1.35. The first-order valence-electron chi connectivity index (χ1n) is 11.2. The lowest BCUT2D eigenvalue weighted by molar-refractivity contribution is 0.0628. The van der Waals surface area contributed by atoms with Gasteiger partial charge in [-0.1, -0.05) is 30.3 Å². The van der Waals surface area contributed by atoms with E-state index >= 15 is 0 Å². The molecular formula is C24H31N3O4S. The maximum atomic E-state index is 13.0. The molecule has 0 spiro atoms. The highest BCUT2D eigenvalue weighted by Gasteiger charge is 2.25. The molecule has 0 bridgehead atoms. The molecule has 0 unspecified atom stereocenters. The number of carbonyl (C=O) groups excluding carboxylic acids is 1. The van der Waals surface area contributed by atoms with Gasteiger partial charge in [0.05, 0.1) is 11.0 Å². The topological polar surface area (TPSA) is 79.0 Å². The number of hydrogen-bond acceptors (Lipinski definition) is 5. The average Bonchev–Trinajstić information content (AvgIpc) is 3.33. The average molecular weight is 458 g/mol. The monoisotopic (exact) mass is 457 g/mol. The third-order valence-corrected chi connectivity index (χ3v) is 7.65. The van der Waals surface area contributed by atoms with Crippen molar-refractivity contribution in [3.05, 3.63) is 65.2 Å². The van der Waals surface area contributed by atoms with Gasteiger partial charge in [-0.25, -0.2) is 13.1 Å². The van der Waals surface area contributed by atoms with Crippen molar-refractivity contribution in [2.75, 3.05) is 39.3 Å². The van der Waals surface area contributed by atoms with E-state index in [2.05, 4.69) is 34.7 Å². The SMILES string of the molecule is Cc1ccccc1CN1CCN(C(=O)c2cccc(S(=O)(=O)NC[C@@H]3CCCO3)c2)CC1. The molecule has 0 aromatic heterocycles. The zero-order valence-corrected chi connectivity index (χ0v) is 19.3. The number of piperazine rings is 1. The first-order valence-corrected chi connectivity index (χ1v) is 12.7. The van der Waals surface area contributed by atoms with Gasteiger partial charge in [0.2, 0.25) is 10.0 Å². The van der Waals surface area contributed by atoms with Crippen LogP contribution in [-0.4, -0.2) is 69.6 Å². The lowest BCUT2D eigenvalue weighted by atomic mass is 10.1. The van der Waals surface area contributed by atoms with E-state index in [1.54, 1.807) is 17.0 Å². The summed E-state index contributed by atoms with van der Waals surface area (Å²) in [5.74, 6) is -0.128. The minimum absolute atomic E-state index is 0.0782. The molecule has 0 saturated carbocycles. The molecule has 2 fully saturated rings. The van der Waals surface area contributed by atoms with Gasteiger partial charge >= 0.3 is 0 Å². The van der Waals surface area contributed by atoms with E-state index in [0.29, 0.717) is 25.3 Å². The van der Waals surface area contributed by atoms with Crippen LogP contribution in [0.1, 0.15) is 34.3 Å². The Labute approximate surface area is 190 Å². The van der Waals surface area contributed by atoms with E-state index < -0.39 is 10.0 Å². The molecular weight excluding hydrogens is 426 g/mol. The minimum atomic E-state index is -3.69. The minimum Gasteiger partial charge on any atom is -0.377 e. The van der Waals surface area contributed by atoms with E-state index in [0.717, 1.165) is 32.5 Å². The fourth-order valence-electron chi connectivity index (χ4n) is 4.21. The third kappa shape index (κ3) is 5.56. The number of carbonyl (C=O) groups is 1. The summed E-state index contributed by atoms with van der Waals surface area (Å²) in [4.78, 5) is 17.3. The summed E-state index contributed by atoms with van der Waals surface area (Å²) in [6.07, 6.45) is 1.73. The smallest absolute Gasteiger partial charge is 0.253 e. The van der Waals surface area contributed by atoms with Crippen LogP contribution in [0.2, 0.25) is 0 Å². The van der Waals surface area contributed by atoms with Crippen LogP contribution in [-0.2, 0) is 21.3 Å². The molecule has 32 heavy (non-hydrogen) atoms. The number of nitrogens with zero attached hydrogens (tertiary/aromatic N) is 2. The van der Waals surface area contributed by atoms with Crippen LogP contribution in [0, 0.1) is 6.92 Å². The Morgan fingerprint density at radius 1 is 1.09 bits per heavy atom. The normalized spacial score (nSPS) is 19.9. The Kier molecular flexibility index (Phi) is 7.25. The number of benzene rings is 2. The predicted molar refractivity (Wildman–Crippen MR) is 123 cm³/mol. The molecule has 2 aromatic carbocycles. The van der Waals surface area contributed by atoms with E-state index in [4.69, 9.17) is 4.74 Å². The van der Waals surface area contributed by atoms with Crippen LogP contribution < -0.4 is 4.72 Å². The van der Waals surface area contributed by atoms with Crippen LogP contribution in [0.5, 0.6) is 0 Å². The number of ether oxygens (including phenoxy) is 1. The van der Waals surface area contributed by atoms with Crippen molar-refractivity contribution in [3.63, 3.8) is 0 Å².